The van der Waals surface area contributed by atoms with Crippen LogP contribution in [0.1, 0.15) is 49.7 Å². The van der Waals surface area contributed by atoms with Gasteiger partial charge in [0.05, 0.1) is 11.4 Å². The van der Waals surface area contributed by atoms with Crippen LogP contribution < -0.4 is 5.32 Å². The Bertz CT molecular complexity index is 656. The smallest absolute Gasteiger partial charge is 0.194 e. The lowest BCUT2D eigenvalue weighted by Gasteiger charge is -2.28. The molecule has 2 bridgehead atoms. The van der Waals surface area contributed by atoms with Crippen LogP contribution in [0.2, 0.25) is 0 Å². The molecule has 2 saturated carbocycles. The average Bonchev–Trinajstić information content (AvgIpc) is 3.20. The zero-order chi connectivity index (χ0) is 14.6. The van der Waals surface area contributed by atoms with E-state index in [1.165, 1.54) is 42.8 Å². The summed E-state index contributed by atoms with van der Waals surface area (Å²) in [5, 5.41) is 6.00. The third kappa shape index (κ3) is 2.23. The molecule has 2 fully saturated rings. The van der Waals surface area contributed by atoms with Crippen molar-refractivity contribution in [2.45, 2.75) is 59.0 Å². The van der Waals surface area contributed by atoms with Gasteiger partial charge in [-0.1, -0.05) is 6.42 Å². The van der Waals surface area contributed by atoms with Crippen molar-refractivity contribution in [1.82, 2.24) is 14.7 Å². The maximum Gasteiger partial charge on any atom is 0.194 e. The molecule has 0 amide bonds. The van der Waals surface area contributed by atoms with Gasteiger partial charge in [0.25, 0.3) is 0 Å². The fourth-order valence-corrected chi connectivity index (χ4v) is 5.62. The van der Waals surface area contributed by atoms with Gasteiger partial charge in [0.2, 0.25) is 0 Å². The van der Waals surface area contributed by atoms with E-state index in [0.717, 1.165) is 29.3 Å². The number of hydrogen-bond acceptors (Lipinski definition) is 3. The molecule has 0 aromatic carbocycles. The molecule has 21 heavy (non-hydrogen) atoms. The molecule has 0 radical (unpaired) electrons. The fourth-order valence-electron chi connectivity index (χ4n) is 4.69. The molecule has 4 heteroatoms. The Hall–Kier alpha value is -0.870. The highest BCUT2D eigenvalue weighted by Gasteiger charge is 2.41. The van der Waals surface area contributed by atoms with Crippen molar-refractivity contribution in [3.05, 3.63) is 22.5 Å². The molecular weight excluding hydrogens is 278 g/mol. The van der Waals surface area contributed by atoms with E-state index in [4.69, 9.17) is 0 Å². The number of aromatic nitrogens is 2. The summed E-state index contributed by atoms with van der Waals surface area (Å²) in [5.74, 6) is 2.93. The molecule has 0 aliphatic heterocycles. The van der Waals surface area contributed by atoms with Crippen molar-refractivity contribution in [2.75, 3.05) is 0 Å². The molecule has 2 aromatic rings. The van der Waals surface area contributed by atoms with Gasteiger partial charge in [-0.3, -0.25) is 4.40 Å². The Kier molecular flexibility index (Phi) is 3.34. The lowest BCUT2D eigenvalue weighted by molar-refractivity contribution is 0.258. The second-order valence-electron chi connectivity index (χ2n) is 7.15. The lowest BCUT2D eigenvalue weighted by Crippen LogP contribution is -2.36. The number of nitrogens with zero attached hydrogens (tertiary/aromatic N) is 2. The van der Waals surface area contributed by atoms with Gasteiger partial charge in [0, 0.05) is 23.7 Å². The molecule has 114 valence electrons. The highest BCUT2D eigenvalue weighted by molar-refractivity contribution is 7.15. The maximum atomic E-state index is 4.69. The van der Waals surface area contributed by atoms with E-state index in [-0.39, 0.29) is 0 Å². The van der Waals surface area contributed by atoms with E-state index in [9.17, 15) is 0 Å². The normalized spacial score (nSPS) is 29.6. The molecule has 1 N–H and O–H groups in total. The van der Waals surface area contributed by atoms with E-state index in [1.807, 2.05) is 0 Å². The minimum atomic E-state index is 0.629. The first-order valence-electron chi connectivity index (χ1n) is 8.29. The first-order valence-corrected chi connectivity index (χ1v) is 9.17. The van der Waals surface area contributed by atoms with E-state index in [2.05, 4.69) is 40.9 Å². The molecule has 4 atom stereocenters. The van der Waals surface area contributed by atoms with E-state index < -0.39 is 0 Å². The monoisotopic (exact) mass is 303 g/mol. The van der Waals surface area contributed by atoms with Gasteiger partial charge in [-0.2, -0.15) is 0 Å². The SMILES string of the molecule is Cc1nc2scc(C)n2c1CNC(C)C1CC2CCC1C2. The first kappa shape index (κ1) is 13.8. The minimum Gasteiger partial charge on any atom is -0.308 e. The lowest BCUT2D eigenvalue weighted by atomic mass is 9.84. The number of thiazole rings is 1. The second-order valence-corrected chi connectivity index (χ2v) is 7.98. The first-order chi connectivity index (χ1) is 10.1. The molecule has 2 aromatic heterocycles. The van der Waals surface area contributed by atoms with Crippen LogP contribution in [-0.4, -0.2) is 15.4 Å². The summed E-state index contributed by atoms with van der Waals surface area (Å²) in [6, 6.07) is 0.629. The van der Waals surface area contributed by atoms with Gasteiger partial charge in [0.1, 0.15) is 0 Å². The third-order valence-corrected chi connectivity index (χ3v) is 6.80. The largest absolute Gasteiger partial charge is 0.308 e. The minimum absolute atomic E-state index is 0.629. The van der Waals surface area contributed by atoms with Gasteiger partial charge in [-0.25, -0.2) is 4.98 Å². The molecule has 4 unspecified atom stereocenters. The highest BCUT2D eigenvalue weighted by Crippen LogP contribution is 2.49. The average molecular weight is 303 g/mol. The Morgan fingerprint density at radius 2 is 2.24 bits per heavy atom. The van der Waals surface area contributed by atoms with Crippen LogP contribution in [0.25, 0.3) is 4.96 Å². The van der Waals surface area contributed by atoms with E-state index >= 15 is 0 Å². The summed E-state index contributed by atoms with van der Waals surface area (Å²) in [4.78, 5) is 5.82. The highest BCUT2D eigenvalue weighted by atomic mass is 32.1. The number of aryl methyl sites for hydroxylation is 2. The van der Waals surface area contributed by atoms with Crippen LogP contribution >= 0.6 is 11.3 Å². The summed E-state index contributed by atoms with van der Waals surface area (Å²) in [7, 11) is 0. The third-order valence-electron chi connectivity index (χ3n) is 5.86. The summed E-state index contributed by atoms with van der Waals surface area (Å²) < 4.78 is 2.32. The van der Waals surface area contributed by atoms with Gasteiger partial charge in [-0.15, -0.1) is 11.3 Å². The second kappa shape index (κ2) is 5.10. The van der Waals surface area contributed by atoms with Crippen molar-refractivity contribution in [2.24, 2.45) is 17.8 Å². The van der Waals surface area contributed by atoms with Crippen LogP contribution in [0.3, 0.4) is 0 Å². The Labute approximate surface area is 130 Å². The van der Waals surface area contributed by atoms with Crippen molar-refractivity contribution in [3.8, 4) is 0 Å². The molecule has 0 spiro atoms. The zero-order valence-electron chi connectivity index (χ0n) is 13.2. The molecule has 3 nitrogen and oxygen atoms in total. The zero-order valence-corrected chi connectivity index (χ0v) is 14.0. The molecule has 2 heterocycles. The summed E-state index contributed by atoms with van der Waals surface area (Å²) in [6.45, 7) is 7.64. The van der Waals surface area contributed by atoms with Gasteiger partial charge in [0.15, 0.2) is 4.96 Å². The van der Waals surface area contributed by atoms with Gasteiger partial charge in [-0.05, 0) is 57.8 Å². The van der Waals surface area contributed by atoms with Crippen LogP contribution in [0.15, 0.2) is 5.38 Å². The van der Waals surface area contributed by atoms with E-state index in [0.29, 0.717) is 6.04 Å². The standard InChI is InChI=1S/C17H25N3S/c1-10-9-21-17-19-12(3)16(20(10)17)8-18-11(2)15-7-13-4-5-14(15)6-13/h9,11,13-15,18H,4-8H2,1-3H3. The van der Waals surface area contributed by atoms with Crippen LogP contribution in [0, 0.1) is 31.6 Å². The predicted molar refractivity (Wildman–Crippen MR) is 87.8 cm³/mol. The van der Waals surface area contributed by atoms with Crippen molar-refractivity contribution < 1.29 is 0 Å². The van der Waals surface area contributed by atoms with Crippen LogP contribution in [-0.2, 0) is 6.54 Å². The van der Waals surface area contributed by atoms with Crippen LogP contribution in [0.5, 0.6) is 0 Å². The van der Waals surface area contributed by atoms with Crippen LogP contribution in [0.4, 0.5) is 0 Å². The summed E-state index contributed by atoms with van der Waals surface area (Å²) >= 11 is 1.74. The Balaban J connectivity index is 1.48. The molecule has 2 aliphatic carbocycles. The van der Waals surface area contributed by atoms with E-state index in [1.54, 1.807) is 11.3 Å². The molecule has 0 saturated heterocycles. The molecule has 4 rings (SSSR count). The number of hydrogen-bond donors (Lipinski definition) is 1. The topological polar surface area (TPSA) is 29.3 Å². The Morgan fingerprint density at radius 1 is 1.38 bits per heavy atom. The molecule has 2 aliphatic rings. The number of imidazole rings is 1. The molecular formula is C17H25N3S. The van der Waals surface area contributed by atoms with Gasteiger partial charge >= 0.3 is 0 Å². The Morgan fingerprint density at radius 3 is 2.95 bits per heavy atom. The maximum absolute atomic E-state index is 4.69. The van der Waals surface area contributed by atoms with Crippen molar-refractivity contribution >= 4 is 16.3 Å². The predicted octanol–water partition coefficient (Wildman–Crippen LogP) is 3.93. The summed E-state index contributed by atoms with van der Waals surface area (Å²) in [6.07, 6.45) is 5.92. The van der Waals surface area contributed by atoms with Crippen molar-refractivity contribution in [3.63, 3.8) is 0 Å². The summed E-state index contributed by atoms with van der Waals surface area (Å²) in [5.41, 5.74) is 3.83. The fraction of sp³-hybridized carbons (Fsp3) is 0.706. The quantitative estimate of drug-likeness (QED) is 0.927. The number of nitrogens with one attached hydrogen (secondary N) is 1. The number of rotatable bonds is 4. The number of fused-ring (bicyclic) bond motifs is 3. The van der Waals surface area contributed by atoms with Gasteiger partial charge < -0.3 is 5.32 Å². The van der Waals surface area contributed by atoms with Crippen molar-refractivity contribution in [1.29, 1.82) is 0 Å².